The summed E-state index contributed by atoms with van der Waals surface area (Å²) in [5, 5.41) is 19.9. The van der Waals surface area contributed by atoms with E-state index in [0.29, 0.717) is 16.5 Å². The molecular formula is C18H19BrO4. The van der Waals surface area contributed by atoms with E-state index in [1.54, 1.807) is 25.1 Å². The van der Waals surface area contributed by atoms with Crippen molar-refractivity contribution in [2.75, 3.05) is 0 Å². The Morgan fingerprint density at radius 3 is 2.52 bits per heavy atom. The second-order valence-electron chi connectivity index (χ2n) is 5.68. The molecular weight excluding hydrogens is 360 g/mol. The summed E-state index contributed by atoms with van der Waals surface area (Å²) in [6, 6.07) is 5.60. The van der Waals surface area contributed by atoms with Gasteiger partial charge in [0.15, 0.2) is 0 Å². The fourth-order valence-corrected chi connectivity index (χ4v) is 3.74. The van der Waals surface area contributed by atoms with Gasteiger partial charge in [-0.2, -0.15) is 0 Å². The van der Waals surface area contributed by atoms with Crippen molar-refractivity contribution in [3.05, 3.63) is 58.2 Å². The topological polar surface area (TPSA) is 74.6 Å². The van der Waals surface area contributed by atoms with E-state index in [2.05, 4.69) is 15.9 Å². The minimum atomic E-state index is -1.35. The fourth-order valence-electron chi connectivity index (χ4n) is 3.08. The molecule has 0 aromatic heterocycles. The molecule has 0 aliphatic heterocycles. The van der Waals surface area contributed by atoms with Crippen molar-refractivity contribution in [3.63, 3.8) is 0 Å². The van der Waals surface area contributed by atoms with Crippen molar-refractivity contribution < 1.29 is 19.8 Å². The van der Waals surface area contributed by atoms with Crippen molar-refractivity contribution in [3.8, 4) is 0 Å². The molecule has 0 spiro atoms. The van der Waals surface area contributed by atoms with Gasteiger partial charge in [-0.3, -0.25) is 4.79 Å². The van der Waals surface area contributed by atoms with Gasteiger partial charge in [0.1, 0.15) is 5.41 Å². The number of alkyl halides is 1. The number of rotatable bonds is 5. The van der Waals surface area contributed by atoms with Crippen LogP contribution in [0.1, 0.15) is 37.0 Å². The zero-order valence-corrected chi connectivity index (χ0v) is 14.7. The molecule has 0 heterocycles. The van der Waals surface area contributed by atoms with Gasteiger partial charge in [0, 0.05) is 17.3 Å². The van der Waals surface area contributed by atoms with Crippen molar-refractivity contribution in [1.82, 2.24) is 0 Å². The zero-order valence-electron chi connectivity index (χ0n) is 13.1. The summed E-state index contributed by atoms with van der Waals surface area (Å²) in [5.41, 5.74) is 2.05. The average molecular weight is 379 g/mol. The normalized spacial score (nSPS) is 20.7. The Bertz CT molecular complexity index is 718. The summed E-state index contributed by atoms with van der Waals surface area (Å²) in [5.74, 6) is -2.10. The molecule has 0 amide bonds. The molecule has 2 rings (SSSR count). The molecule has 4 nitrogen and oxygen atoms in total. The molecule has 0 fully saturated rings. The summed E-state index contributed by atoms with van der Waals surface area (Å²) in [6.07, 6.45) is 3.97. The molecule has 0 radical (unpaired) electrons. The quantitative estimate of drug-likeness (QED) is 0.763. The Morgan fingerprint density at radius 2 is 2.00 bits per heavy atom. The number of benzene rings is 1. The standard InChI is InChI=1S/C18H19BrO4/c1-3-12-5-4-6-15(14(12)10-19)18(17(22)23)8-7-11(2)13(9-18)16(20)21/h4-8H,3,9-10H2,1-2H3,(H,20,21)(H,22,23). The Kier molecular flexibility index (Phi) is 5.09. The second-order valence-corrected chi connectivity index (χ2v) is 6.24. The molecule has 1 aliphatic rings. The first-order valence-corrected chi connectivity index (χ1v) is 8.52. The summed E-state index contributed by atoms with van der Waals surface area (Å²) in [4.78, 5) is 23.6. The lowest BCUT2D eigenvalue weighted by molar-refractivity contribution is -0.142. The molecule has 0 saturated heterocycles. The van der Waals surface area contributed by atoms with Crippen LogP contribution in [0.15, 0.2) is 41.5 Å². The van der Waals surface area contributed by atoms with Crippen molar-refractivity contribution in [2.24, 2.45) is 0 Å². The lowest BCUT2D eigenvalue weighted by Gasteiger charge is -2.32. The Morgan fingerprint density at radius 1 is 1.30 bits per heavy atom. The van der Waals surface area contributed by atoms with Crippen LogP contribution in [-0.2, 0) is 26.8 Å². The lowest BCUT2D eigenvalue weighted by atomic mass is 9.69. The first-order chi connectivity index (χ1) is 10.9. The van der Waals surface area contributed by atoms with E-state index in [-0.39, 0.29) is 12.0 Å². The number of aryl methyl sites for hydroxylation is 1. The van der Waals surface area contributed by atoms with Crippen LogP contribution >= 0.6 is 15.9 Å². The van der Waals surface area contributed by atoms with Crippen LogP contribution in [0.25, 0.3) is 0 Å². The van der Waals surface area contributed by atoms with Gasteiger partial charge >= 0.3 is 11.9 Å². The van der Waals surface area contributed by atoms with Gasteiger partial charge in [-0.05, 0) is 35.6 Å². The third kappa shape index (κ3) is 2.98. The van der Waals surface area contributed by atoms with Crippen molar-refractivity contribution >= 4 is 27.9 Å². The van der Waals surface area contributed by atoms with Gasteiger partial charge in [0.25, 0.3) is 0 Å². The SMILES string of the molecule is CCc1cccc(C2(C(=O)O)C=CC(C)=C(C(=O)O)C2)c1CBr. The molecule has 5 heteroatoms. The van der Waals surface area contributed by atoms with Crippen LogP contribution in [0.5, 0.6) is 0 Å². The highest BCUT2D eigenvalue weighted by Gasteiger charge is 2.43. The van der Waals surface area contributed by atoms with Gasteiger partial charge in [0.05, 0.1) is 0 Å². The monoisotopic (exact) mass is 378 g/mol. The molecule has 23 heavy (non-hydrogen) atoms. The van der Waals surface area contributed by atoms with Crippen LogP contribution < -0.4 is 0 Å². The summed E-state index contributed by atoms with van der Waals surface area (Å²) in [6.45, 7) is 3.71. The maximum Gasteiger partial charge on any atom is 0.331 e. The number of hydrogen-bond acceptors (Lipinski definition) is 2. The molecule has 0 bridgehead atoms. The number of hydrogen-bond donors (Lipinski definition) is 2. The molecule has 1 aliphatic carbocycles. The maximum absolute atomic E-state index is 12.1. The molecule has 2 N–H and O–H groups in total. The van der Waals surface area contributed by atoms with Crippen molar-refractivity contribution in [2.45, 2.75) is 37.4 Å². The first-order valence-electron chi connectivity index (χ1n) is 7.40. The number of halogens is 1. The molecule has 1 atom stereocenters. The van der Waals surface area contributed by atoms with E-state index in [4.69, 9.17) is 0 Å². The maximum atomic E-state index is 12.1. The Hall–Kier alpha value is -1.88. The molecule has 1 aromatic rings. The van der Waals surface area contributed by atoms with Gasteiger partial charge < -0.3 is 10.2 Å². The lowest BCUT2D eigenvalue weighted by Crippen LogP contribution is -2.38. The molecule has 0 saturated carbocycles. The second kappa shape index (κ2) is 6.71. The van der Waals surface area contributed by atoms with Gasteiger partial charge in [-0.25, -0.2) is 4.79 Å². The molecule has 122 valence electrons. The number of carboxylic acid groups (broad SMARTS) is 2. The highest BCUT2D eigenvalue weighted by atomic mass is 79.9. The van der Waals surface area contributed by atoms with Crippen LogP contribution in [0.2, 0.25) is 0 Å². The minimum absolute atomic E-state index is 0.0484. The average Bonchev–Trinajstić information content (AvgIpc) is 2.54. The smallest absolute Gasteiger partial charge is 0.331 e. The predicted molar refractivity (Wildman–Crippen MR) is 91.9 cm³/mol. The van der Waals surface area contributed by atoms with Crippen molar-refractivity contribution in [1.29, 1.82) is 0 Å². The Labute approximate surface area is 143 Å². The Balaban J connectivity index is 2.69. The third-order valence-corrected chi connectivity index (χ3v) is 5.02. The fraction of sp³-hybridized carbons (Fsp3) is 0.333. The highest BCUT2D eigenvalue weighted by molar-refractivity contribution is 9.08. The summed E-state index contributed by atoms with van der Waals surface area (Å²) >= 11 is 3.45. The third-order valence-electron chi connectivity index (χ3n) is 4.46. The van der Waals surface area contributed by atoms with E-state index in [0.717, 1.165) is 17.5 Å². The first kappa shape index (κ1) is 17.5. The number of carboxylic acids is 2. The number of carbonyl (C=O) groups is 2. The van der Waals surface area contributed by atoms with E-state index in [1.165, 1.54) is 0 Å². The summed E-state index contributed by atoms with van der Waals surface area (Å²) < 4.78 is 0. The van der Waals surface area contributed by atoms with Crippen LogP contribution in [0.4, 0.5) is 0 Å². The molecule has 1 aromatic carbocycles. The number of aliphatic carboxylic acids is 2. The van der Waals surface area contributed by atoms with E-state index >= 15 is 0 Å². The van der Waals surface area contributed by atoms with Crippen LogP contribution in [0, 0.1) is 0 Å². The zero-order chi connectivity index (χ0) is 17.2. The highest BCUT2D eigenvalue weighted by Crippen LogP contribution is 2.41. The molecule has 1 unspecified atom stereocenters. The van der Waals surface area contributed by atoms with E-state index in [9.17, 15) is 19.8 Å². The van der Waals surface area contributed by atoms with Crippen LogP contribution in [0.3, 0.4) is 0 Å². The predicted octanol–water partition coefficient (Wildman–Crippen LogP) is 3.83. The van der Waals surface area contributed by atoms with Gasteiger partial charge in [-0.15, -0.1) is 0 Å². The minimum Gasteiger partial charge on any atom is -0.480 e. The van der Waals surface area contributed by atoms with Gasteiger partial charge in [0.2, 0.25) is 0 Å². The number of allylic oxidation sites excluding steroid dienone is 2. The van der Waals surface area contributed by atoms with Gasteiger partial charge in [-0.1, -0.05) is 53.2 Å². The van der Waals surface area contributed by atoms with E-state index in [1.807, 2.05) is 19.1 Å². The van der Waals surface area contributed by atoms with Crippen LogP contribution in [-0.4, -0.2) is 22.2 Å². The summed E-state index contributed by atoms with van der Waals surface area (Å²) in [7, 11) is 0. The van der Waals surface area contributed by atoms with E-state index < -0.39 is 17.4 Å². The largest absolute Gasteiger partial charge is 0.480 e.